The van der Waals surface area contributed by atoms with Crippen LogP contribution in [-0.2, 0) is 15.0 Å². The van der Waals surface area contributed by atoms with Gasteiger partial charge in [0.2, 0.25) is 0 Å². The molecule has 1 rings (SSSR count). The number of nitrogens with one attached hydrogen (secondary N) is 1. The van der Waals surface area contributed by atoms with Crippen LogP contribution in [0.25, 0.3) is 0 Å². The minimum absolute atomic E-state index is 0.0764. The summed E-state index contributed by atoms with van der Waals surface area (Å²) in [4.78, 5) is 22.3. The lowest BCUT2D eigenvalue weighted by atomic mass is 9.82. The van der Waals surface area contributed by atoms with Crippen LogP contribution in [0.3, 0.4) is 0 Å². The number of carbonyl (C=O) groups is 2. The molecule has 103 valence electrons. The summed E-state index contributed by atoms with van der Waals surface area (Å²) in [5, 5.41) is 0. The van der Waals surface area contributed by atoms with Gasteiger partial charge in [-0.05, 0) is 36.5 Å². The largest absolute Gasteiger partial charge is 0.426 e. The smallest absolute Gasteiger partial charge is 0.323 e. The Bertz CT molecular complexity index is 463. The van der Waals surface area contributed by atoms with Crippen molar-refractivity contribution in [2.24, 2.45) is 5.92 Å². The first-order valence-corrected chi connectivity index (χ1v) is 6.35. The van der Waals surface area contributed by atoms with E-state index in [1.807, 2.05) is 12.1 Å². The lowest BCUT2D eigenvalue weighted by Crippen LogP contribution is -2.26. The first kappa shape index (κ1) is 15.2. The molecule has 0 fully saturated rings. The summed E-state index contributed by atoms with van der Waals surface area (Å²) < 4.78 is 5.06. The second-order valence-corrected chi connectivity index (χ2v) is 5.27. The van der Waals surface area contributed by atoms with E-state index in [0.717, 1.165) is 6.42 Å². The Kier molecular flexibility index (Phi) is 4.70. The summed E-state index contributed by atoms with van der Waals surface area (Å²) in [6.07, 6.45) is 1.01. The topological polar surface area (TPSA) is 67.2 Å². The zero-order valence-corrected chi connectivity index (χ0v) is 11.8. The van der Waals surface area contributed by atoms with Gasteiger partial charge >= 0.3 is 5.97 Å². The van der Waals surface area contributed by atoms with Crippen LogP contribution in [0, 0.1) is 5.92 Å². The Morgan fingerprint density at radius 3 is 2.21 bits per heavy atom. The highest BCUT2D eigenvalue weighted by atomic mass is 16.5. The minimum Gasteiger partial charge on any atom is -0.426 e. The number of hydrogen-bond donors (Lipinski definition) is 0. The van der Waals surface area contributed by atoms with Gasteiger partial charge in [0.25, 0.3) is 5.91 Å². The first-order valence-electron chi connectivity index (χ1n) is 6.35. The Labute approximate surface area is 113 Å². The van der Waals surface area contributed by atoms with Crippen molar-refractivity contribution in [3.63, 3.8) is 0 Å². The lowest BCUT2D eigenvalue weighted by Gasteiger charge is -2.23. The van der Waals surface area contributed by atoms with Gasteiger partial charge in [0.05, 0.1) is 0 Å². The average Bonchev–Trinajstić information content (AvgIpc) is 2.38. The number of amides is 1. The van der Waals surface area contributed by atoms with Crippen molar-refractivity contribution in [1.29, 1.82) is 0 Å². The molecule has 0 heterocycles. The highest BCUT2D eigenvalue weighted by Crippen LogP contribution is 2.28. The molecule has 0 aliphatic rings. The van der Waals surface area contributed by atoms with E-state index in [1.54, 1.807) is 12.1 Å². The monoisotopic (exact) mass is 262 g/mol. The molecule has 4 nitrogen and oxygen atoms in total. The van der Waals surface area contributed by atoms with E-state index in [0.29, 0.717) is 5.75 Å². The predicted molar refractivity (Wildman–Crippen MR) is 72.7 cm³/mol. The van der Waals surface area contributed by atoms with Crippen LogP contribution >= 0.6 is 0 Å². The van der Waals surface area contributed by atoms with Gasteiger partial charge in [-0.15, -0.1) is 0 Å². The van der Waals surface area contributed by atoms with Gasteiger partial charge in [0.1, 0.15) is 11.7 Å². The van der Waals surface area contributed by atoms with Crippen LogP contribution in [0.2, 0.25) is 0 Å². The molecule has 0 aromatic heterocycles. The molecular weight excluding hydrogens is 242 g/mol. The van der Waals surface area contributed by atoms with Gasteiger partial charge in [-0.1, -0.05) is 32.9 Å². The normalized spacial score (nSPS) is 12.8. The van der Waals surface area contributed by atoms with Gasteiger partial charge in [-0.25, -0.2) is 0 Å². The highest BCUT2D eigenvalue weighted by Gasteiger charge is 2.22. The first-order chi connectivity index (χ1) is 8.77. The highest BCUT2D eigenvalue weighted by molar-refractivity contribution is 5.96. The van der Waals surface area contributed by atoms with E-state index in [2.05, 4.69) is 20.8 Å². The van der Waals surface area contributed by atoms with Crippen LogP contribution in [0.15, 0.2) is 24.3 Å². The van der Waals surface area contributed by atoms with Gasteiger partial charge in [-0.2, -0.15) is 0 Å². The zero-order valence-electron chi connectivity index (χ0n) is 11.8. The summed E-state index contributed by atoms with van der Waals surface area (Å²) in [7, 11) is 0. The average molecular weight is 262 g/mol. The summed E-state index contributed by atoms with van der Waals surface area (Å²) in [5.74, 6) is -2.28. The van der Waals surface area contributed by atoms with Gasteiger partial charge in [0, 0.05) is 0 Å². The molecule has 0 saturated heterocycles. The third-order valence-electron chi connectivity index (χ3n) is 3.48. The van der Waals surface area contributed by atoms with Crippen molar-refractivity contribution in [3.05, 3.63) is 29.8 Å². The van der Waals surface area contributed by atoms with Crippen LogP contribution in [0.5, 0.6) is 5.75 Å². The number of ether oxygens (including phenoxy) is 1. The second kappa shape index (κ2) is 5.87. The second-order valence-electron chi connectivity index (χ2n) is 5.27. The molecule has 1 amide bonds. The fraction of sp³-hybridized carbons (Fsp3) is 0.467. The number of benzene rings is 1. The van der Waals surface area contributed by atoms with Crippen LogP contribution in [0.4, 0.5) is 0 Å². The van der Waals surface area contributed by atoms with E-state index in [4.69, 9.17) is 10.5 Å². The molecule has 0 aliphatic heterocycles. The molecule has 1 aromatic rings. The predicted octanol–water partition coefficient (Wildman–Crippen LogP) is 2.73. The molecule has 19 heavy (non-hydrogen) atoms. The van der Waals surface area contributed by atoms with E-state index in [1.165, 1.54) is 12.5 Å². The Morgan fingerprint density at radius 1 is 1.26 bits per heavy atom. The maximum atomic E-state index is 11.5. The standard InChI is InChI=1S/C15H20NO3/c1-5-15(3,4)11-6-8-12(9-7-11)19-14(18)10(2)13(16)17/h6-10,16H,5H2,1-4H3. The van der Waals surface area contributed by atoms with Crippen molar-refractivity contribution >= 4 is 11.9 Å². The number of esters is 1. The summed E-state index contributed by atoms with van der Waals surface area (Å²) in [6, 6.07) is 7.26. The minimum atomic E-state index is -1.05. The molecule has 4 heteroatoms. The lowest BCUT2D eigenvalue weighted by molar-refractivity contribution is -0.143. The maximum absolute atomic E-state index is 11.5. The van der Waals surface area contributed by atoms with Crippen molar-refractivity contribution in [1.82, 2.24) is 5.73 Å². The zero-order chi connectivity index (χ0) is 14.6. The molecule has 1 aromatic carbocycles. The van der Waals surface area contributed by atoms with E-state index < -0.39 is 17.8 Å². The SMILES string of the molecule is CCC(C)(C)c1ccc(OC(=O)C(C)C([NH])=O)cc1. The Balaban J connectivity index is 2.78. The Morgan fingerprint density at radius 2 is 1.79 bits per heavy atom. The van der Waals surface area contributed by atoms with E-state index in [-0.39, 0.29) is 5.41 Å². The molecule has 0 spiro atoms. The number of carbonyl (C=O) groups excluding carboxylic acids is 2. The fourth-order valence-electron chi connectivity index (χ4n) is 1.49. The van der Waals surface area contributed by atoms with Crippen molar-refractivity contribution in [2.75, 3.05) is 0 Å². The van der Waals surface area contributed by atoms with Crippen LogP contribution in [-0.4, -0.2) is 11.9 Å². The molecular formula is C15H20NO3. The van der Waals surface area contributed by atoms with E-state index >= 15 is 0 Å². The maximum Gasteiger partial charge on any atom is 0.323 e. The number of rotatable bonds is 5. The summed E-state index contributed by atoms with van der Waals surface area (Å²) in [5.41, 5.74) is 8.12. The molecule has 1 N–H and O–H groups in total. The van der Waals surface area contributed by atoms with Crippen molar-refractivity contribution < 1.29 is 14.3 Å². The summed E-state index contributed by atoms with van der Waals surface area (Å²) in [6.45, 7) is 7.78. The molecule has 1 atom stereocenters. The third kappa shape index (κ3) is 3.81. The van der Waals surface area contributed by atoms with Crippen molar-refractivity contribution in [3.8, 4) is 5.75 Å². The van der Waals surface area contributed by atoms with Crippen molar-refractivity contribution in [2.45, 2.75) is 39.5 Å². The molecule has 0 saturated carbocycles. The van der Waals surface area contributed by atoms with Gasteiger partial charge in [0.15, 0.2) is 0 Å². The van der Waals surface area contributed by atoms with Crippen LogP contribution in [0.1, 0.15) is 39.7 Å². The van der Waals surface area contributed by atoms with Gasteiger partial charge < -0.3 is 4.74 Å². The molecule has 0 aliphatic carbocycles. The fourth-order valence-corrected chi connectivity index (χ4v) is 1.49. The number of hydrogen-bond acceptors (Lipinski definition) is 3. The molecule has 0 bridgehead atoms. The third-order valence-corrected chi connectivity index (χ3v) is 3.48. The molecule has 1 radical (unpaired) electrons. The summed E-state index contributed by atoms with van der Waals surface area (Å²) >= 11 is 0. The van der Waals surface area contributed by atoms with Crippen LogP contribution < -0.4 is 10.5 Å². The van der Waals surface area contributed by atoms with E-state index in [9.17, 15) is 9.59 Å². The van der Waals surface area contributed by atoms with Gasteiger partial charge in [-0.3, -0.25) is 15.3 Å². The molecule has 1 unspecified atom stereocenters. The Hall–Kier alpha value is -1.84. The quantitative estimate of drug-likeness (QED) is 0.465.